The molecular weight excluding hydrogens is 444 g/mol. The van der Waals surface area contributed by atoms with E-state index in [1.54, 1.807) is 13.1 Å². The van der Waals surface area contributed by atoms with E-state index in [1.807, 2.05) is 6.92 Å². The zero-order valence-corrected chi connectivity index (χ0v) is 17.2. The lowest BCUT2D eigenvalue weighted by Crippen LogP contribution is -2.14. The number of hydrogen-bond acceptors (Lipinski definition) is 8. The van der Waals surface area contributed by atoms with Gasteiger partial charge in [-0.25, -0.2) is 0 Å². The van der Waals surface area contributed by atoms with Crippen LogP contribution in [0.15, 0.2) is 24.8 Å². The van der Waals surface area contributed by atoms with Crippen LogP contribution in [0.2, 0.25) is 0 Å². The average molecular weight is 461 g/mol. The van der Waals surface area contributed by atoms with Gasteiger partial charge in [-0.2, -0.15) is 47.9 Å². The van der Waals surface area contributed by atoms with Gasteiger partial charge in [-0.15, -0.1) is 12.4 Å². The fraction of sp³-hybridized carbons (Fsp3) is 0.235. The summed E-state index contributed by atoms with van der Waals surface area (Å²) in [6.07, 6.45) is 0.714. The Morgan fingerprint density at radius 2 is 1.52 bits per heavy atom. The van der Waals surface area contributed by atoms with Crippen molar-refractivity contribution in [3.63, 3.8) is 0 Å². The summed E-state index contributed by atoms with van der Waals surface area (Å²) in [7, 11) is 0.971. The van der Waals surface area contributed by atoms with Crippen molar-refractivity contribution in [1.82, 2.24) is 30.4 Å². The van der Waals surface area contributed by atoms with Crippen LogP contribution in [0.5, 0.6) is 5.88 Å². The first-order valence-electron chi connectivity index (χ1n) is 8.14. The summed E-state index contributed by atoms with van der Waals surface area (Å²) in [6.45, 7) is 3.46. The van der Waals surface area contributed by atoms with Gasteiger partial charge in [0.1, 0.15) is 5.84 Å². The number of halogens is 5. The Kier molecular flexibility index (Phi) is 8.67. The summed E-state index contributed by atoms with van der Waals surface area (Å²) < 4.78 is 56.2. The van der Waals surface area contributed by atoms with Crippen molar-refractivity contribution in [1.29, 1.82) is 5.41 Å². The predicted octanol–water partition coefficient (Wildman–Crippen LogP) is 2.90. The molecule has 31 heavy (non-hydrogen) atoms. The molecule has 0 atom stereocenters. The molecule has 166 valence electrons. The molecule has 3 aromatic heterocycles. The topological polar surface area (TPSA) is 136 Å². The van der Waals surface area contributed by atoms with Gasteiger partial charge in [0.25, 0.3) is 0 Å². The molecule has 0 spiro atoms. The third-order valence-corrected chi connectivity index (χ3v) is 3.70. The molecule has 3 heterocycles. The molecule has 3 aromatic rings. The number of hydrogen-bond donors (Lipinski definition) is 2. The van der Waals surface area contributed by atoms with Crippen LogP contribution in [0.1, 0.15) is 22.3 Å². The Bertz CT molecular complexity index is 1060. The molecule has 0 bridgehead atoms. The molecule has 0 amide bonds. The van der Waals surface area contributed by atoms with Crippen molar-refractivity contribution >= 4 is 18.2 Å². The van der Waals surface area contributed by atoms with E-state index in [1.165, 1.54) is 18.6 Å². The van der Waals surface area contributed by atoms with Gasteiger partial charge in [0.2, 0.25) is 11.8 Å². The summed E-state index contributed by atoms with van der Waals surface area (Å²) in [4.78, 5) is 6.82. The van der Waals surface area contributed by atoms with Crippen molar-refractivity contribution in [2.75, 3.05) is 7.11 Å². The summed E-state index contributed by atoms with van der Waals surface area (Å²) in [6, 6.07) is 0. The van der Waals surface area contributed by atoms with Crippen molar-refractivity contribution in [2.45, 2.75) is 20.0 Å². The normalized spacial score (nSPS) is 10.4. The van der Waals surface area contributed by atoms with Gasteiger partial charge < -0.3 is 10.5 Å². The number of ether oxygens (including phenoxy) is 1. The van der Waals surface area contributed by atoms with Crippen molar-refractivity contribution in [3.8, 4) is 17.3 Å². The third-order valence-electron chi connectivity index (χ3n) is 3.70. The lowest BCUT2D eigenvalue weighted by Gasteiger charge is -2.12. The molecule has 14 heteroatoms. The lowest BCUT2D eigenvalue weighted by atomic mass is 10.2. The summed E-state index contributed by atoms with van der Waals surface area (Å²) in [5, 5.41) is 21.5. The molecule has 0 aromatic carbocycles. The monoisotopic (exact) mass is 460 g/mol. The fourth-order valence-corrected chi connectivity index (χ4v) is 2.20. The second-order valence-corrected chi connectivity index (χ2v) is 5.81. The first-order chi connectivity index (χ1) is 14.1. The van der Waals surface area contributed by atoms with Gasteiger partial charge >= 0.3 is 6.18 Å². The van der Waals surface area contributed by atoms with Gasteiger partial charge in [-0.1, -0.05) is 0 Å². The molecular formula is C17H17ClF4N8O. The Morgan fingerprint density at radius 1 is 0.968 bits per heavy atom. The molecule has 3 rings (SSSR count). The third kappa shape index (κ3) is 6.25. The number of aryl methyl sites for hydroxylation is 2. The van der Waals surface area contributed by atoms with Gasteiger partial charge in [-0.05, 0) is 25.0 Å². The Hall–Kier alpha value is -3.48. The Morgan fingerprint density at radius 3 is 1.97 bits per heavy atom. The van der Waals surface area contributed by atoms with Crippen LogP contribution < -0.4 is 10.5 Å². The van der Waals surface area contributed by atoms with E-state index >= 15 is 0 Å². The van der Waals surface area contributed by atoms with Gasteiger partial charge in [-0.3, -0.25) is 5.41 Å². The molecule has 0 saturated carbocycles. The van der Waals surface area contributed by atoms with E-state index in [0.29, 0.717) is 11.1 Å². The van der Waals surface area contributed by atoms with Gasteiger partial charge in [0.05, 0.1) is 31.9 Å². The maximum atomic E-state index is 13.6. The predicted molar refractivity (Wildman–Crippen MR) is 104 cm³/mol. The van der Waals surface area contributed by atoms with Crippen LogP contribution in [-0.4, -0.2) is 43.3 Å². The molecule has 3 N–H and O–H groups in total. The second kappa shape index (κ2) is 10.5. The molecule has 0 unspecified atom stereocenters. The lowest BCUT2D eigenvalue weighted by molar-refractivity contribution is -0.142. The van der Waals surface area contributed by atoms with Crippen LogP contribution in [0.25, 0.3) is 11.4 Å². The molecule has 0 radical (unpaired) electrons. The van der Waals surface area contributed by atoms with Crippen molar-refractivity contribution in [3.05, 3.63) is 53.0 Å². The highest BCUT2D eigenvalue weighted by Gasteiger charge is 2.40. The quantitative estimate of drug-likeness (QED) is 0.263. The van der Waals surface area contributed by atoms with Gasteiger partial charge in [0, 0.05) is 11.1 Å². The average Bonchev–Trinajstić information content (AvgIpc) is 2.67. The number of rotatable bonds is 3. The number of amidine groups is 1. The number of nitrogens with two attached hydrogens (primary N) is 1. The maximum Gasteiger partial charge on any atom is 0.426 e. The zero-order valence-electron chi connectivity index (χ0n) is 16.4. The van der Waals surface area contributed by atoms with Crippen LogP contribution in [0.3, 0.4) is 0 Å². The Labute approximate surface area is 180 Å². The minimum atomic E-state index is -4.94. The van der Waals surface area contributed by atoms with Crippen molar-refractivity contribution in [2.24, 2.45) is 5.73 Å². The number of methoxy groups -OCH3 is 1. The van der Waals surface area contributed by atoms with E-state index in [-0.39, 0.29) is 29.6 Å². The number of nitrogen functional groups attached to an aromatic ring is 1. The number of nitrogens with one attached hydrogen (secondary N) is 1. The van der Waals surface area contributed by atoms with E-state index < -0.39 is 23.6 Å². The largest absolute Gasteiger partial charge is 0.480 e. The van der Waals surface area contributed by atoms with Crippen molar-refractivity contribution < 1.29 is 22.3 Å². The molecule has 0 aliphatic carbocycles. The summed E-state index contributed by atoms with van der Waals surface area (Å²) >= 11 is 0. The van der Waals surface area contributed by atoms with Gasteiger partial charge in [0.15, 0.2) is 11.4 Å². The summed E-state index contributed by atoms with van der Waals surface area (Å²) in [5.41, 5.74) is 5.93. The SMILES string of the molecule is COc1nc(-c2cnncc2C)nc(F)c1C(F)(F)F.Cc1cnncc1C(=N)N.Cl. The molecule has 0 aliphatic heterocycles. The van der Waals surface area contributed by atoms with E-state index in [9.17, 15) is 17.6 Å². The highest BCUT2D eigenvalue weighted by molar-refractivity contribution is 5.95. The van der Waals surface area contributed by atoms with E-state index in [4.69, 9.17) is 11.1 Å². The second-order valence-electron chi connectivity index (χ2n) is 5.81. The minimum Gasteiger partial charge on any atom is -0.480 e. The standard InChI is InChI=1S/C11H8F4N4O.C6H8N4.ClH/c1-5-3-16-17-4-6(5)9-18-8(12)7(11(13,14)15)10(19-9)20-2;1-4-2-9-10-3-5(4)6(7)8;/h3-4H,1-2H3;2-3H,1H3,(H3,7,8);1H. The molecule has 9 nitrogen and oxygen atoms in total. The highest BCUT2D eigenvalue weighted by Crippen LogP contribution is 2.37. The van der Waals surface area contributed by atoms with Crippen LogP contribution >= 0.6 is 12.4 Å². The van der Waals surface area contributed by atoms with Crippen LogP contribution in [0.4, 0.5) is 17.6 Å². The number of aromatic nitrogens is 6. The smallest absolute Gasteiger partial charge is 0.426 e. The first-order valence-corrected chi connectivity index (χ1v) is 8.14. The molecule has 0 saturated heterocycles. The fourth-order valence-electron chi connectivity index (χ4n) is 2.20. The number of nitrogens with zero attached hydrogens (tertiary/aromatic N) is 6. The molecule has 0 fully saturated rings. The minimum absolute atomic E-state index is 0. The highest BCUT2D eigenvalue weighted by atomic mass is 35.5. The number of alkyl halides is 3. The zero-order chi connectivity index (χ0) is 22.5. The first kappa shape index (κ1) is 25.6. The Balaban J connectivity index is 0.000000370. The van der Waals surface area contributed by atoms with E-state index in [2.05, 4.69) is 35.1 Å². The summed E-state index contributed by atoms with van der Waals surface area (Å²) in [5.74, 6) is -2.79. The molecule has 0 aliphatic rings. The maximum absolute atomic E-state index is 13.6. The van der Waals surface area contributed by atoms with Crippen LogP contribution in [0, 0.1) is 25.2 Å². The van der Waals surface area contributed by atoms with Crippen LogP contribution in [-0.2, 0) is 6.18 Å². The van der Waals surface area contributed by atoms with E-state index in [0.717, 1.165) is 12.7 Å².